The highest BCUT2D eigenvalue weighted by Crippen LogP contribution is 2.23. The Balaban J connectivity index is 0.00000342. The molecule has 0 bridgehead atoms. The van der Waals surface area contributed by atoms with Crippen LogP contribution in [0.2, 0.25) is 5.02 Å². The van der Waals surface area contributed by atoms with Gasteiger partial charge in [0.1, 0.15) is 11.5 Å². The Morgan fingerprint density at radius 2 is 1.63 bits per heavy atom. The topological polar surface area (TPSA) is 24.9 Å². The van der Waals surface area contributed by atoms with Crippen molar-refractivity contribution in [2.24, 2.45) is 0 Å². The number of nitrogens with zero attached hydrogens (tertiary/aromatic N) is 2. The molecule has 1 saturated heterocycles. The van der Waals surface area contributed by atoms with Gasteiger partial charge in [-0.2, -0.15) is 0 Å². The highest BCUT2D eigenvalue weighted by molar-refractivity contribution is 6.30. The van der Waals surface area contributed by atoms with E-state index >= 15 is 0 Å². The van der Waals surface area contributed by atoms with E-state index in [1.54, 1.807) is 7.11 Å². The maximum Gasteiger partial charge on any atom is 0.122 e. The lowest BCUT2D eigenvalue weighted by Gasteiger charge is -2.36. The molecule has 1 aliphatic heterocycles. The molecule has 0 amide bonds. The lowest BCUT2D eigenvalue weighted by atomic mass is 10.0. The van der Waals surface area contributed by atoms with Crippen molar-refractivity contribution in [2.45, 2.75) is 25.7 Å². The third kappa shape index (κ3) is 8.34. The molecule has 0 N–H and O–H groups in total. The van der Waals surface area contributed by atoms with Gasteiger partial charge in [-0.05, 0) is 79.8 Å². The number of ether oxygens (including phenoxy) is 2. The van der Waals surface area contributed by atoms with Gasteiger partial charge in [-0.1, -0.05) is 48.0 Å². The molecule has 0 radical (unpaired) electrons. The second kappa shape index (κ2) is 14.2. The Kier molecular flexibility index (Phi) is 11.1. The molecule has 4 nitrogen and oxygen atoms in total. The number of hydrogen-bond donors (Lipinski definition) is 0. The lowest BCUT2D eigenvalue weighted by Crippen LogP contribution is -2.46. The number of hydrogen-bond acceptors (Lipinski definition) is 4. The number of para-hydroxylation sites is 1. The molecule has 1 fully saturated rings. The molecule has 3 aromatic carbocycles. The molecule has 0 saturated carbocycles. The number of halogens is 2. The van der Waals surface area contributed by atoms with Crippen LogP contribution in [0.15, 0.2) is 72.8 Å². The van der Waals surface area contributed by atoms with Crippen molar-refractivity contribution in [3.05, 3.63) is 88.9 Å². The summed E-state index contributed by atoms with van der Waals surface area (Å²) in [6.45, 7) is 6.19. The van der Waals surface area contributed by atoms with E-state index in [1.165, 1.54) is 16.8 Å². The van der Waals surface area contributed by atoms with Gasteiger partial charge in [0.05, 0.1) is 13.7 Å². The SMILES string of the molecule is COc1cccc(CCc2ccccc2OCCCCN2CCN(c3cccc(Cl)c3)CC2)c1.Cl. The van der Waals surface area contributed by atoms with Gasteiger partial charge in [-0.3, -0.25) is 4.90 Å². The predicted octanol–water partition coefficient (Wildman–Crippen LogP) is 6.54. The van der Waals surface area contributed by atoms with Crippen LogP contribution in [0.5, 0.6) is 11.5 Å². The van der Waals surface area contributed by atoms with Gasteiger partial charge in [0, 0.05) is 36.9 Å². The fourth-order valence-electron chi connectivity index (χ4n) is 4.48. The van der Waals surface area contributed by atoms with Gasteiger partial charge in [0.15, 0.2) is 0 Å². The Morgan fingerprint density at radius 3 is 2.43 bits per heavy atom. The molecule has 4 rings (SSSR count). The van der Waals surface area contributed by atoms with Crippen LogP contribution in [-0.2, 0) is 12.8 Å². The summed E-state index contributed by atoms with van der Waals surface area (Å²) in [6.07, 6.45) is 4.15. The molecule has 0 aromatic heterocycles. The number of aryl methyl sites for hydroxylation is 2. The minimum absolute atomic E-state index is 0. The number of unbranched alkanes of at least 4 members (excludes halogenated alkanes) is 1. The molecule has 0 atom stereocenters. The Hall–Kier alpha value is -2.40. The molecule has 0 unspecified atom stereocenters. The van der Waals surface area contributed by atoms with Crippen molar-refractivity contribution in [1.82, 2.24) is 4.90 Å². The van der Waals surface area contributed by atoms with E-state index in [0.29, 0.717) is 0 Å². The van der Waals surface area contributed by atoms with Gasteiger partial charge in [0.25, 0.3) is 0 Å². The molecule has 0 aliphatic carbocycles. The van der Waals surface area contributed by atoms with Gasteiger partial charge in [-0.25, -0.2) is 0 Å². The largest absolute Gasteiger partial charge is 0.497 e. The average Bonchev–Trinajstić information content (AvgIpc) is 2.88. The van der Waals surface area contributed by atoms with Crippen molar-refractivity contribution in [1.29, 1.82) is 0 Å². The van der Waals surface area contributed by atoms with E-state index in [2.05, 4.69) is 58.3 Å². The van der Waals surface area contributed by atoms with Gasteiger partial charge >= 0.3 is 0 Å². The number of piperazine rings is 1. The van der Waals surface area contributed by atoms with Crippen molar-refractivity contribution >= 4 is 29.7 Å². The van der Waals surface area contributed by atoms with Gasteiger partial charge < -0.3 is 14.4 Å². The number of benzene rings is 3. The lowest BCUT2D eigenvalue weighted by molar-refractivity contribution is 0.238. The molecular formula is C29H36Cl2N2O2. The zero-order valence-corrected chi connectivity index (χ0v) is 22.1. The maximum atomic E-state index is 6.18. The second-order valence-electron chi connectivity index (χ2n) is 8.82. The first kappa shape index (κ1) is 27.2. The summed E-state index contributed by atoms with van der Waals surface area (Å²) in [5.41, 5.74) is 3.78. The second-order valence-corrected chi connectivity index (χ2v) is 9.26. The molecule has 1 aliphatic rings. The Labute approximate surface area is 221 Å². The van der Waals surface area contributed by atoms with Gasteiger partial charge in [0.2, 0.25) is 0 Å². The third-order valence-electron chi connectivity index (χ3n) is 6.46. The van der Waals surface area contributed by atoms with Gasteiger partial charge in [-0.15, -0.1) is 12.4 Å². The highest BCUT2D eigenvalue weighted by Gasteiger charge is 2.17. The van der Waals surface area contributed by atoms with Crippen LogP contribution in [-0.4, -0.2) is 51.3 Å². The summed E-state index contributed by atoms with van der Waals surface area (Å²) in [4.78, 5) is 4.98. The molecular weight excluding hydrogens is 479 g/mol. The van der Waals surface area contributed by atoms with E-state index in [4.69, 9.17) is 21.1 Å². The first-order valence-electron chi connectivity index (χ1n) is 12.3. The monoisotopic (exact) mass is 514 g/mol. The summed E-state index contributed by atoms with van der Waals surface area (Å²) in [5.74, 6) is 1.92. The smallest absolute Gasteiger partial charge is 0.122 e. The molecule has 188 valence electrons. The average molecular weight is 516 g/mol. The zero-order valence-electron chi connectivity index (χ0n) is 20.5. The Morgan fingerprint density at radius 1 is 0.829 bits per heavy atom. The predicted molar refractivity (Wildman–Crippen MR) is 149 cm³/mol. The fraction of sp³-hybridized carbons (Fsp3) is 0.379. The van der Waals surface area contributed by atoms with Crippen molar-refractivity contribution in [3.63, 3.8) is 0 Å². The van der Waals surface area contributed by atoms with Crippen molar-refractivity contribution in [3.8, 4) is 11.5 Å². The van der Waals surface area contributed by atoms with E-state index in [0.717, 1.165) is 81.5 Å². The number of rotatable bonds is 11. The van der Waals surface area contributed by atoms with E-state index in [9.17, 15) is 0 Å². The summed E-state index contributed by atoms with van der Waals surface area (Å²) < 4.78 is 11.5. The molecule has 1 heterocycles. The number of methoxy groups -OCH3 is 1. The summed E-state index contributed by atoms with van der Waals surface area (Å²) >= 11 is 6.15. The van der Waals surface area contributed by atoms with Crippen LogP contribution >= 0.6 is 24.0 Å². The van der Waals surface area contributed by atoms with Crippen LogP contribution in [0.1, 0.15) is 24.0 Å². The first-order chi connectivity index (χ1) is 16.7. The molecule has 3 aromatic rings. The zero-order chi connectivity index (χ0) is 23.6. The first-order valence-corrected chi connectivity index (χ1v) is 12.7. The Bertz CT molecular complexity index is 1040. The van der Waals surface area contributed by atoms with Crippen LogP contribution in [0.3, 0.4) is 0 Å². The summed E-state index contributed by atoms with van der Waals surface area (Å²) in [6, 6.07) is 24.9. The van der Waals surface area contributed by atoms with E-state index in [1.807, 2.05) is 24.3 Å². The quantitative estimate of drug-likeness (QED) is 0.271. The van der Waals surface area contributed by atoms with E-state index in [-0.39, 0.29) is 12.4 Å². The minimum Gasteiger partial charge on any atom is -0.497 e. The molecule has 0 spiro atoms. The number of anilines is 1. The van der Waals surface area contributed by atoms with Crippen LogP contribution in [0.25, 0.3) is 0 Å². The third-order valence-corrected chi connectivity index (χ3v) is 6.70. The van der Waals surface area contributed by atoms with Crippen LogP contribution in [0, 0.1) is 0 Å². The van der Waals surface area contributed by atoms with E-state index < -0.39 is 0 Å². The summed E-state index contributed by atoms with van der Waals surface area (Å²) in [7, 11) is 1.71. The highest BCUT2D eigenvalue weighted by atomic mass is 35.5. The summed E-state index contributed by atoms with van der Waals surface area (Å²) in [5, 5.41) is 0.807. The van der Waals surface area contributed by atoms with Crippen molar-refractivity contribution in [2.75, 3.05) is 51.3 Å². The fourth-order valence-corrected chi connectivity index (χ4v) is 4.66. The van der Waals surface area contributed by atoms with Crippen LogP contribution in [0.4, 0.5) is 5.69 Å². The maximum absolute atomic E-state index is 6.18. The van der Waals surface area contributed by atoms with Crippen molar-refractivity contribution < 1.29 is 9.47 Å². The van der Waals surface area contributed by atoms with Crippen LogP contribution < -0.4 is 14.4 Å². The normalized spacial score (nSPS) is 13.8. The molecule has 6 heteroatoms. The minimum atomic E-state index is 0. The molecule has 35 heavy (non-hydrogen) atoms. The standard InChI is InChI=1S/C29H35ClN2O2.ClH/c1-33-28-12-6-8-24(22-28)14-15-25-9-2-3-13-29(25)34-21-5-4-16-31-17-19-32(20-18-31)27-11-7-10-26(30)23-27;/h2-3,6-13,22-23H,4-5,14-21H2,1H3;1H.